The van der Waals surface area contributed by atoms with Crippen molar-refractivity contribution in [3.8, 4) is 11.5 Å². The molecule has 0 atom stereocenters. The van der Waals surface area contributed by atoms with Gasteiger partial charge in [0.2, 0.25) is 0 Å². The van der Waals surface area contributed by atoms with Crippen molar-refractivity contribution in [2.24, 2.45) is 10.2 Å². The van der Waals surface area contributed by atoms with Gasteiger partial charge in [-0.2, -0.15) is 13.5 Å². The molecule has 4 aromatic rings. The number of para-hydroxylation sites is 1. The Hall–Kier alpha value is -3.70. The first kappa shape index (κ1) is 27.3. The fourth-order valence-electron chi connectivity index (χ4n) is 3.90. The van der Waals surface area contributed by atoms with Crippen molar-refractivity contribution < 1.29 is 27.6 Å². The minimum atomic E-state index is -4.58. The number of ether oxygens (including phenoxy) is 1. The number of nitrogens with zero attached hydrogens (tertiary/aromatic N) is 2. The molecule has 12 heteroatoms. The molecule has 1 amide bonds. The zero-order chi connectivity index (χ0) is 27.6. The van der Waals surface area contributed by atoms with E-state index < -0.39 is 26.7 Å². The SMILES string of the molecule is CCc1c(Cl)cc(N=Nc2c(O)c(C(=O)Nc3c(Cl)cccc3OC)cc3ccccc23)cc1S(=O)(=O)O. The van der Waals surface area contributed by atoms with Gasteiger partial charge < -0.3 is 15.2 Å². The molecule has 9 nitrogen and oxygen atoms in total. The van der Waals surface area contributed by atoms with E-state index in [1.54, 1.807) is 49.4 Å². The van der Waals surface area contributed by atoms with Gasteiger partial charge in [0.15, 0.2) is 5.75 Å². The van der Waals surface area contributed by atoms with E-state index in [-0.39, 0.29) is 44.7 Å². The molecular weight excluding hydrogens is 553 g/mol. The third kappa shape index (κ3) is 5.44. The van der Waals surface area contributed by atoms with Crippen LogP contribution in [0.3, 0.4) is 0 Å². The van der Waals surface area contributed by atoms with Crippen LogP contribution in [0.2, 0.25) is 10.0 Å². The maximum atomic E-state index is 13.2. The third-order valence-electron chi connectivity index (χ3n) is 5.71. The molecule has 0 aliphatic rings. The number of amides is 1. The highest BCUT2D eigenvalue weighted by Crippen LogP contribution is 2.41. The summed E-state index contributed by atoms with van der Waals surface area (Å²) in [6.07, 6.45) is 0.254. The topological polar surface area (TPSA) is 138 Å². The predicted molar refractivity (Wildman–Crippen MR) is 146 cm³/mol. The lowest BCUT2D eigenvalue weighted by molar-refractivity contribution is 0.102. The summed E-state index contributed by atoms with van der Waals surface area (Å²) in [5, 5.41) is 23.3. The maximum absolute atomic E-state index is 13.2. The zero-order valence-electron chi connectivity index (χ0n) is 20.1. The smallest absolute Gasteiger partial charge is 0.294 e. The highest BCUT2D eigenvalue weighted by molar-refractivity contribution is 7.85. The molecule has 4 aromatic carbocycles. The van der Waals surface area contributed by atoms with Gasteiger partial charge in [0, 0.05) is 10.4 Å². The molecule has 0 saturated heterocycles. The van der Waals surface area contributed by atoms with Gasteiger partial charge in [0.1, 0.15) is 22.0 Å². The lowest BCUT2D eigenvalue weighted by atomic mass is 10.0. The first-order chi connectivity index (χ1) is 18.0. The Balaban J connectivity index is 1.83. The number of hydrogen-bond donors (Lipinski definition) is 3. The van der Waals surface area contributed by atoms with Gasteiger partial charge >= 0.3 is 0 Å². The number of aromatic hydroxyl groups is 1. The number of phenolic OH excluding ortho intramolecular Hbond substituents is 1. The molecule has 0 spiro atoms. The number of azo groups is 1. The monoisotopic (exact) mass is 573 g/mol. The number of methoxy groups -OCH3 is 1. The molecule has 0 saturated carbocycles. The number of nitrogens with one attached hydrogen (secondary N) is 1. The summed E-state index contributed by atoms with van der Waals surface area (Å²) < 4.78 is 38.7. The summed E-state index contributed by atoms with van der Waals surface area (Å²) in [5.41, 5.74) is 0.316. The van der Waals surface area contributed by atoms with Crippen molar-refractivity contribution in [3.63, 3.8) is 0 Å². The molecule has 38 heavy (non-hydrogen) atoms. The molecule has 0 aromatic heterocycles. The number of benzene rings is 4. The minimum Gasteiger partial charge on any atom is -0.505 e. The fourth-order valence-corrected chi connectivity index (χ4v) is 5.36. The van der Waals surface area contributed by atoms with E-state index in [0.29, 0.717) is 16.5 Å². The standard InChI is InChI=1S/C26H21Cl2N3O6S/c1-3-16-20(28)12-15(13-22(16)38(34,35)36)30-31-23-17-8-5-4-7-14(17)11-18(25(23)32)26(33)29-24-19(27)9-6-10-21(24)37-2/h4-13,32H,3H2,1-2H3,(H,29,33)(H,34,35,36). The van der Waals surface area contributed by atoms with Crippen LogP contribution in [-0.4, -0.2) is 31.1 Å². The number of carbonyl (C=O) groups is 1. The molecule has 0 fully saturated rings. The highest BCUT2D eigenvalue weighted by atomic mass is 35.5. The van der Waals surface area contributed by atoms with Crippen molar-refractivity contribution in [2.45, 2.75) is 18.2 Å². The Morgan fingerprint density at radius 2 is 1.76 bits per heavy atom. The quantitative estimate of drug-likeness (QED) is 0.156. The van der Waals surface area contributed by atoms with E-state index in [1.165, 1.54) is 19.2 Å². The number of fused-ring (bicyclic) bond motifs is 1. The van der Waals surface area contributed by atoms with Crippen LogP contribution in [0.15, 0.2) is 75.8 Å². The number of rotatable bonds is 7. The van der Waals surface area contributed by atoms with Gasteiger partial charge in [-0.15, -0.1) is 5.11 Å². The molecule has 0 aliphatic carbocycles. The van der Waals surface area contributed by atoms with Crippen molar-refractivity contribution in [1.29, 1.82) is 0 Å². The van der Waals surface area contributed by atoms with E-state index in [1.807, 2.05) is 0 Å². The van der Waals surface area contributed by atoms with Gasteiger partial charge in [0.05, 0.1) is 23.4 Å². The van der Waals surface area contributed by atoms with Crippen LogP contribution in [0.1, 0.15) is 22.8 Å². The lowest BCUT2D eigenvalue weighted by Gasteiger charge is -2.14. The molecule has 0 radical (unpaired) electrons. The molecule has 0 unspecified atom stereocenters. The van der Waals surface area contributed by atoms with Gasteiger partial charge in [-0.25, -0.2) is 0 Å². The molecule has 0 bridgehead atoms. The van der Waals surface area contributed by atoms with E-state index >= 15 is 0 Å². The Morgan fingerprint density at radius 1 is 1.03 bits per heavy atom. The predicted octanol–water partition coefficient (Wildman–Crippen LogP) is 7.34. The summed E-state index contributed by atoms with van der Waals surface area (Å²) in [7, 11) is -3.15. The summed E-state index contributed by atoms with van der Waals surface area (Å²) >= 11 is 12.5. The number of anilines is 1. The summed E-state index contributed by atoms with van der Waals surface area (Å²) in [6, 6.07) is 15.7. The van der Waals surface area contributed by atoms with Crippen LogP contribution < -0.4 is 10.1 Å². The minimum absolute atomic E-state index is 0.0129. The maximum Gasteiger partial charge on any atom is 0.294 e. The first-order valence-corrected chi connectivity index (χ1v) is 13.3. The van der Waals surface area contributed by atoms with Crippen LogP contribution >= 0.6 is 23.2 Å². The van der Waals surface area contributed by atoms with E-state index in [2.05, 4.69) is 15.5 Å². The Labute approximate surface area is 228 Å². The average Bonchev–Trinajstić information content (AvgIpc) is 2.88. The first-order valence-electron chi connectivity index (χ1n) is 11.1. The second-order valence-electron chi connectivity index (χ2n) is 8.05. The molecular formula is C26H21Cl2N3O6S. The van der Waals surface area contributed by atoms with Gasteiger partial charge in [-0.1, -0.05) is 60.5 Å². The van der Waals surface area contributed by atoms with Gasteiger partial charge in [0.25, 0.3) is 16.0 Å². The lowest BCUT2D eigenvalue weighted by Crippen LogP contribution is -2.13. The summed E-state index contributed by atoms with van der Waals surface area (Å²) in [4.78, 5) is 12.8. The largest absolute Gasteiger partial charge is 0.505 e. The molecule has 3 N–H and O–H groups in total. The number of carbonyl (C=O) groups excluding carboxylic acids is 1. The Kier molecular flexibility index (Phi) is 7.89. The van der Waals surface area contributed by atoms with E-state index in [9.17, 15) is 22.9 Å². The molecule has 0 aliphatic heterocycles. The number of hydrogen-bond acceptors (Lipinski definition) is 7. The normalized spacial score (nSPS) is 11.7. The molecule has 0 heterocycles. The third-order valence-corrected chi connectivity index (χ3v) is 7.28. The van der Waals surface area contributed by atoms with Crippen LogP contribution in [0, 0.1) is 0 Å². The fraction of sp³-hybridized carbons (Fsp3) is 0.115. The van der Waals surface area contributed by atoms with E-state index in [4.69, 9.17) is 27.9 Å². The van der Waals surface area contributed by atoms with Crippen LogP contribution in [0.5, 0.6) is 11.5 Å². The van der Waals surface area contributed by atoms with Gasteiger partial charge in [-0.3, -0.25) is 9.35 Å². The molecule has 4 rings (SSSR count). The van der Waals surface area contributed by atoms with Gasteiger partial charge in [-0.05, 0) is 47.7 Å². The van der Waals surface area contributed by atoms with Crippen molar-refractivity contribution in [2.75, 3.05) is 12.4 Å². The second kappa shape index (κ2) is 11.0. The second-order valence-corrected chi connectivity index (χ2v) is 10.3. The van der Waals surface area contributed by atoms with E-state index in [0.717, 1.165) is 6.07 Å². The average molecular weight is 574 g/mol. The van der Waals surface area contributed by atoms with Crippen molar-refractivity contribution in [3.05, 3.63) is 81.8 Å². The number of phenols is 1. The van der Waals surface area contributed by atoms with Crippen LogP contribution in [-0.2, 0) is 16.5 Å². The Bertz CT molecular complexity index is 1710. The van der Waals surface area contributed by atoms with Crippen LogP contribution in [0.25, 0.3) is 10.8 Å². The zero-order valence-corrected chi connectivity index (χ0v) is 22.4. The summed E-state index contributed by atoms with van der Waals surface area (Å²) in [6.45, 7) is 1.69. The van der Waals surface area contributed by atoms with Crippen molar-refractivity contribution >= 4 is 67.1 Å². The number of halogens is 2. The molecule has 196 valence electrons. The van der Waals surface area contributed by atoms with Crippen molar-refractivity contribution in [1.82, 2.24) is 0 Å². The highest BCUT2D eigenvalue weighted by Gasteiger charge is 2.22. The van der Waals surface area contributed by atoms with Crippen LogP contribution in [0.4, 0.5) is 17.1 Å². The summed E-state index contributed by atoms with van der Waals surface area (Å²) in [5.74, 6) is -0.824. The Morgan fingerprint density at radius 3 is 2.45 bits per heavy atom.